The van der Waals surface area contributed by atoms with Crippen molar-refractivity contribution in [3.63, 3.8) is 0 Å². The van der Waals surface area contributed by atoms with Gasteiger partial charge >= 0.3 is 0 Å². The number of hydrogen-bond acceptors (Lipinski definition) is 7. The number of hydrogen-bond donors (Lipinski definition) is 2. The van der Waals surface area contributed by atoms with E-state index in [0.29, 0.717) is 0 Å². The molecule has 1 rings (SSSR count). The van der Waals surface area contributed by atoms with Crippen molar-refractivity contribution < 1.29 is 29.2 Å². The maximum absolute atomic E-state index is 9.90. The summed E-state index contributed by atoms with van der Waals surface area (Å²) in [5.41, 5.74) is 1.06. The fraction of sp³-hybridized carbons (Fsp3) is 0.850. The average Bonchev–Trinajstić information content (AvgIpc) is 3.06. The van der Waals surface area contributed by atoms with Crippen LogP contribution in [0, 0.1) is 0 Å². The molecule has 0 heterocycles. The minimum absolute atomic E-state index is 0.0391. The highest BCUT2D eigenvalue weighted by Crippen LogP contribution is 2.25. The largest absolute Gasteiger partial charge is 0.504 e. The number of aromatic hydroxyl groups is 2. The molecular weight excluding hydrogens is 590 g/mol. The number of phenols is 2. The Kier molecular flexibility index (Phi) is 29.6. The highest BCUT2D eigenvalue weighted by atomic mass is 16.7. The van der Waals surface area contributed by atoms with E-state index < -0.39 is 0 Å². The molecule has 7 nitrogen and oxygen atoms in total. The lowest BCUT2D eigenvalue weighted by molar-refractivity contribution is -0.132. The first-order valence-electron chi connectivity index (χ1n) is 19.7. The van der Waals surface area contributed by atoms with Crippen molar-refractivity contribution in [3.8, 4) is 11.5 Å². The van der Waals surface area contributed by atoms with Gasteiger partial charge in [0.1, 0.15) is 0 Å². The van der Waals surface area contributed by atoms with Crippen LogP contribution in [0.2, 0.25) is 0 Å². The van der Waals surface area contributed by atoms with Gasteiger partial charge in [-0.15, -0.1) is 0 Å². The Hall–Kier alpha value is -1.38. The van der Waals surface area contributed by atoms with Gasteiger partial charge in [0.15, 0.2) is 24.1 Å². The summed E-state index contributed by atoms with van der Waals surface area (Å²) in [6, 6.07) is 5.17. The standard InChI is InChI=1S/C40H75NO6/c1-5-7-9-11-15-21-31-44-36(3)46-33-23-17-13-19-28-41(30-27-38-25-26-39(42)40(43)35-38)29-20-14-18-24-34-47-37(4)45-32-22-16-12-10-8-6-2/h25-26,35-37,42-43H,5-24,27-34H2,1-4H3. The lowest BCUT2D eigenvalue weighted by Crippen LogP contribution is -2.28. The predicted molar refractivity (Wildman–Crippen MR) is 196 cm³/mol. The summed E-state index contributed by atoms with van der Waals surface area (Å²) in [7, 11) is 0. The van der Waals surface area contributed by atoms with Crippen molar-refractivity contribution in [3.05, 3.63) is 23.8 Å². The lowest BCUT2D eigenvalue weighted by atomic mass is 10.1. The van der Waals surface area contributed by atoms with Gasteiger partial charge in [-0.25, -0.2) is 0 Å². The number of rotatable bonds is 35. The third-order valence-electron chi connectivity index (χ3n) is 8.90. The van der Waals surface area contributed by atoms with E-state index >= 15 is 0 Å². The van der Waals surface area contributed by atoms with E-state index in [-0.39, 0.29) is 24.1 Å². The van der Waals surface area contributed by atoms with Gasteiger partial charge in [-0.1, -0.05) is 110 Å². The van der Waals surface area contributed by atoms with E-state index in [4.69, 9.17) is 18.9 Å². The Morgan fingerprint density at radius 3 is 1.28 bits per heavy atom. The van der Waals surface area contributed by atoms with Crippen LogP contribution in [0.3, 0.4) is 0 Å². The molecule has 2 atom stereocenters. The van der Waals surface area contributed by atoms with Gasteiger partial charge in [0.25, 0.3) is 0 Å². The molecule has 47 heavy (non-hydrogen) atoms. The van der Waals surface area contributed by atoms with Crippen LogP contribution < -0.4 is 0 Å². The molecule has 0 amide bonds. The van der Waals surface area contributed by atoms with Crippen molar-refractivity contribution in [2.24, 2.45) is 0 Å². The van der Waals surface area contributed by atoms with Crippen LogP contribution in [0.4, 0.5) is 0 Å². The zero-order chi connectivity index (χ0) is 34.2. The normalized spacial score (nSPS) is 13.0. The quantitative estimate of drug-likeness (QED) is 0.0424. The van der Waals surface area contributed by atoms with Crippen molar-refractivity contribution in [2.45, 2.75) is 175 Å². The van der Waals surface area contributed by atoms with Crippen LogP contribution in [-0.2, 0) is 25.4 Å². The van der Waals surface area contributed by atoms with Crippen LogP contribution in [0.5, 0.6) is 11.5 Å². The molecule has 0 saturated carbocycles. The molecule has 0 saturated heterocycles. The van der Waals surface area contributed by atoms with Crippen LogP contribution in [0.25, 0.3) is 0 Å². The second kappa shape index (κ2) is 31.9. The Morgan fingerprint density at radius 1 is 0.489 bits per heavy atom. The smallest absolute Gasteiger partial charge is 0.157 e. The summed E-state index contributed by atoms with van der Waals surface area (Å²) >= 11 is 0. The van der Waals surface area contributed by atoms with Gasteiger partial charge < -0.3 is 34.1 Å². The molecule has 0 aliphatic rings. The third-order valence-corrected chi connectivity index (χ3v) is 8.90. The average molecular weight is 666 g/mol. The number of phenolic OH excluding ortho intramolecular Hbond substituents is 2. The second-order valence-electron chi connectivity index (χ2n) is 13.4. The highest BCUT2D eigenvalue weighted by Gasteiger charge is 2.08. The molecule has 7 heteroatoms. The van der Waals surface area contributed by atoms with E-state index in [2.05, 4.69) is 18.7 Å². The molecular formula is C40H75NO6. The maximum Gasteiger partial charge on any atom is 0.157 e. The SMILES string of the molecule is CCCCCCCCOC(C)OCCCCCCN(CCCCCCOC(C)OCCCCCCCC)CCc1ccc(O)c(O)c1. The molecule has 2 unspecified atom stereocenters. The summed E-state index contributed by atoms with van der Waals surface area (Å²) in [6.45, 7) is 14.8. The van der Waals surface area contributed by atoms with Gasteiger partial charge in [-0.05, 0) is 89.6 Å². The first-order valence-corrected chi connectivity index (χ1v) is 19.7. The first-order chi connectivity index (χ1) is 23.0. The molecule has 0 aromatic heterocycles. The first kappa shape index (κ1) is 43.6. The Balaban J connectivity index is 2.19. The summed E-state index contributed by atoms with van der Waals surface area (Å²) < 4.78 is 23.4. The summed E-state index contributed by atoms with van der Waals surface area (Å²) in [5, 5.41) is 19.6. The van der Waals surface area contributed by atoms with Crippen LogP contribution in [0.1, 0.15) is 162 Å². The highest BCUT2D eigenvalue weighted by molar-refractivity contribution is 5.40. The van der Waals surface area contributed by atoms with Crippen molar-refractivity contribution in [1.29, 1.82) is 0 Å². The molecule has 0 radical (unpaired) electrons. The molecule has 1 aromatic carbocycles. The summed E-state index contributed by atoms with van der Waals surface area (Å²) in [6.07, 6.45) is 25.2. The van der Waals surface area contributed by atoms with Gasteiger partial charge in [0, 0.05) is 33.0 Å². The van der Waals surface area contributed by atoms with Gasteiger partial charge in [0.2, 0.25) is 0 Å². The van der Waals surface area contributed by atoms with Crippen LogP contribution in [0.15, 0.2) is 18.2 Å². The van der Waals surface area contributed by atoms with E-state index in [0.717, 1.165) is 83.7 Å². The Labute approximate surface area is 290 Å². The monoisotopic (exact) mass is 666 g/mol. The molecule has 1 aromatic rings. The summed E-state index contributed by atoms with van der Waals surface area (Å²) in [4.78, 5) is 2.56. The number of unbranched alkanes of at least 4 members (excludes halogenated alkanes) is 16. The van der Waals surface area contributed by atoms with Crippen molar-refractivity contribution in [2.75, 3.05) is 46.1 Å². The molecule has 0 aliphatic carbocycles. The number of ether oxygens (including phenoxy) is 4. The van der Waals surface area contributed by atoms with E-state index in [1.54, 1.807) is 12.1 Å². The van der Waals surface area contributed by atoms with Crippen LogP contribution in [-0.4, -0.2) is 73.8 Å². The Morgan fingerprint density at radius 2 is 0.872 bits per heavy atom. The predicted octanol–water partition coefficient (Wildman–Crippen LogP) is 10.5. The van der Waals surface area contributed by atoms with Crippen LogP contribution >= 0.6 is 0 Å². The van der Waals surface area contributed by atoms with E-state index in [9.17, 15) is 10.2 Å². The molecule has 0 fully saturated rings. The van der Waals surface area contributed by atoms with Gasteiger partial charge in [-0.3, -0.25) is 0 Å². The fourth-order valence-electron chi connectivity index (χ4n) is 5.79. The van der Waals surface area contributed by atoms with Gasteiger partial charge in [0.05, 0.1) is 0 Å². The third kappa shape index (κ3) is 27.2. The second-order valence-corrected chi connectivity index (χ2v) is 13.4. The molecule has 0 aliphatic heterocycles. The minimum Gasteiger partial charge on any atom is -0.504 e. The Bertz CT molecular complexity index is 771. The minimum atomic E-state index is -0.112. The van der Waals surface area contributed by atoms with Crippen molar-refractivity contribution >= 4 is 0 Å². The number of nitrogens with zero attached hydrogens (tertiary/aromatic N) is 1. The zero-order valence-corrected chi connectivity index (χ0v) is 31.2. The topological polar surface area (TPSA) is 80.6 Å². The molecule has 2 N–H and O–H groups in total. The lowest BCUT2D eigenvalue weighted by Gasteiger charge is -2.22. The van der Waals surface area contributed by atoms with E-state index in [1.165, 1.54) is 103 Å². The molecule has 276 valence electrons. The molecule has 0 bridgehead atoms. The van der Waals surface area contributed by atoms with Crippen molar-refractivity contribution in [1.82, 2.24) is 4.90 Å². The zero-order valence-electron chi connectivity index (χ0n) is 31.2. The number of benzene rings is 1. The van der Waals surface area contributed by atoms with Gasteiger partial charge in [-0.2, -0.15) is 0 Å². The summed E-state index contributed by atoms with van der Waals surface area (Å²) in [5.74, 6) is -0.0983. The fourth-order valence-corrected chi connectivity index (χ4v) is 5.79. The molecule has 0 spiro atoms. The van der Waals surface area contributed by atoms with E-state index in [1.807, 2.05) is 19.9 Å². The maximum atomic E-state index is 9.90.